The van der Waals surface area contributed by atoms with Crippen LogP contribution in [0.2, 0.25) is 0 Å². The van der Waals surface area contributed by atoms with E-state index in [-0.39, 0.29) is 5.56 Å². The molecule has 0 aliphatic heterocycles. The van der Waals surface area contributed by atoms with Gasteiger partial charge in [0.05, 0.1) is 5.56 Å². The van der Waals surface area contributed by atoms with E-state index in [1.54, 1.807) is 18.5 Å². The number of hydrogen-bond donors (Lipinski definition) is 1. The van der Waals surface area contributed by atoms with Gasteiger partial charge < -0.3 is 5.11 Å². The summed E-state index contributed by atoms with van der Waals surface area (Å²) in [4.78, 5) is 22.5. The average Bonchev–Trinajstić information content (AvgIpc) is 2.30. The Hall–Kier alpha value is -2.30. The summed E-state index contributed by atoms with van der Waals surface area (Å²) < 4.78 is 0. The number of rotatable bonds is 2. The second-order valence-electron chi connectivity index (χ2n) is 2.84. The summed E-state index contributed by atoms with van der Waals surface area (Å²) >= 11 is 0. The molecule has 0 bridgehead atoms. The van der Waals surface area contributed by atoms with E-state index in [1.165, 1.54) is 18.5 Å². The average molecular weight is 201 g/mol. The Labute approximate surface area is 85.5 Å². The molecule has 2 rings (SSSR count). The smallest absolute Gasteiger partial charge is 0.337 e. The fourth-order valence-corrected chi connectivity index (χ4v) is 1.13. The van der Waals surface area contributed by atoms with Gasteiger partial charge in [-0.25, -0.2) is 14.8 Å². The van der Waals surface area contributed by atoms with Crippen LogP contribution in [-0.2, 0) is 0 Å². The van der Waals surface area contributed by atoms with E-state index in [9.17, 15) is 4.79 Å². The lowest BCUT2D eigenvalue weighted by atomic mass is 10.2. The van der Waals surface area contributed by atoms with Crippen molar-refractivity contribution in [1.29, 1.82) is 0 Å². The first-order valence-electron chi connectivity index (χ1n) is 4.23. The van der Waals surface area contributed by atoms with Crippen LogP contribution in [-0.4, -0.2) is 26.0 Å². The molecule has 15 heavy (non-hydrogen) atoms. The van der Waals surface area contributed by atoms with Crippen LogP contribution in [0.5, 0.6) is 0 Å². The number of hydrogen-bond acceptors (Lipinski definition) is 4. The molecule has 0 aliphatic carbocycles. The molecule has 0 amide bonds. The van der Waals surface area contributed by atoms with Crippen molar-refractivity contribution in [1.82, 2.24) is 15.0 Å². The van der Waals surface area contributed by atoms with E-state index in [1.807, 2.05) is 0 Å². The van der Waals surface area contributed by atoms with E-state index in [4.69, 9.17) is 5.11 Å². The van der Waals surface area contributed by atoms with Gasteiger partial charge in [0.1, 0.15) is 0 Å². The standard InChI is InChI=1S/C10H7N3O2/c14-10(15)8-4-7(5-11-6-8)9-12-2-1-3-13-9/h1-6H,(H,14,15). The van der Waals surface area contributed by atoms with E-state index in [0.29, 0.717) is 11.4 Å². The van der Waals surface area contributed by atoms with Crippen molar-refractivity contribution in [2.24, 2.45) is 0 Å². The molecule has 5 heteroatoms. The zero-order valence-corrected chi connectivity index (χ0v) is 7.66. The highest BCUT2D eigenvalue weighted by Gasteiger charge is 2.06. The lowest BCUT2D eigenvalue weighted by Crippen LogP contribution is -1.98. The summed E-state index contributed by atoms with van der Waals surface area (Å²) in [5.41, 5.74) is 0.718. The number of carbonyl (C=O) groups is 1. The minimum absolute atomic E-state index is 0.125. The minimum atomic E-state index is -1.01. The highest BCUT2D eigenvalue weighted by molar-refractivity contribution is 5.88. The molecule has 74 valence electrons. The van der Waals surface area contributed by atoms with Crippen LogP contribution in [0.4, 0.5) is 0 Å². The summed E-state index contributed by atoms with van der Waals surface area (Å²) in [6.45, 7) is 0. The van der Waals surface area contributed by atoms with Gasteiger partial charge in [-0.05, 0) is 12.1 Å². The maximum absolute atomic E-state index is 10.7. The van der Waals surface area contributed by atoms with Gasteiger partial charge in [-0.1, -0.05) is 0 Å². The third-order valence-corrected chi connectivity index (χ3v) is 1.81. The molecule has 2 heterocycles. The molecule has 0 unspecified atom stereocenters. The first-order valence-corrected chi connectivity index (χ1v) is 4.23. The zero-order chi connectivity index (χ0) is 10.7. The summed E-state index contributed by atoms with van der Waals surface area (Å²) in [6.07, 6.45) is 6.00. The Kier molecular flexibility index (Phi) is 2.37. The predicted molar refractivity (Wildman–Crippen MR) is 52.2 cm³/mol. The number of pyridine rings is 1. The molecule has 2 aromatic rings. The summed E-state index contributed by atoms with van der Waals surface area (Å²) in [5, 5.41) is 8.78. The number of aromatic carboxylic acids is 1. The monoisotopic (exact) mass is 201 g/mol. The summed E-state index contributed by atoms with van der Waals surface area (Å²) in [7, 11) is 0. The summed E-state index contributed by atoms with van der Waals surface area (Å²) in [5.74, 6) is -0.548. The van der Waals surface area contributed by atoms with Crippen LogP contribution in [0.3, 0.4) is 0 Å². The fraction of sp³-hybridized carbons (Fsp3) is 0. The van der Waals surface area contributed by atoms with Crippen LogP contribution >= 0.6 is 0 Å². The molecule has 0 spiro atoms. The Balaban J connectivity index is 2.46. The Morgan fingerprint density at radius 1 is 1.20 bits per heavy atom. The topological polar surface area (TPSA) is 76.0 Å². The second kappa shape index (κ2) is 3.83. The van der Waals surface area contributed by atoms with E-state index < -0.39 is 5.97 Å². The SMILES string of the molecule is O=C(O)c1cncc(-c2ncccn2)c1. The third-order valence-electron chi connectivity index (χ3n) is 1.81. The highest BCUT2D eigenvalue weighted by atomic mass is 16.4. The van der Waals surface area contributed by atoms with Crippen molar-refractivity contribution < 1.29 is 9.90 Å². The van der Waals surface area contributed by atoms with Crippen molar-refractivity contribution in [2.45, 2.75) is 0 Å². The lowest BCUT2D eigenvalue weighted by molar-refractivity contribution is 0.0696. The Morgan fingerprint density at radius 3 is 2.60 bits per heavy atom. The van der Waals surface area contributed by atoms with Crippen molar-refractivity contribution in [3.63, 3.8) is 0 Å². The van der Waals surface area contributed by atoms with Crippen LogP contribution in [0.1, 0.15) is 10.4 Å². The van der Waals surface area contributed by atoms with Crippen molar-refractivity contribution in [2.75, 3.05) is 0 Å². The van der Waals surface area contributed by atoms with Gasteiger partial charge in [0.15, 0.2) is 5.82 Å². The first kappa shape index (κ1) is 9.26. The molecule has 0 fully saturated rings. The van der Waals surface area contributed by atoms with Crippen LogP contribution in [0.15, 0.2) is 36.9 Å². The molecular weight excluding hydrogens is 194 g/mol. The van der Waals surface area contributed by atoms with Gasteiger partial charge in [0.2, 0.25) is 0 Å². The maximum atomic E-state index is 10.7. The molecule has 0 radical (unpaired) electrons. The van der Waals surface area contributed by atoms with Crippen LogP contribution in [0, 0.1) is 0 Å². The number of aromatic nitrogens is 3. The van der Waals surface area contributed by atoms with Crippen molar-refractivity contribution in [3.8, 4) is 11.4 Å². The molecule has 0 aliphatic rings. The zero-order valence-electron chi connectivity index (χ0n) is 7.66. The molecule has 5 nitrogen and oxygen atoms in total. The highest BCUT2D eigenvalue weighted by Crippen LogP contribution is 2.13. The minimum Gasteiger partial charge on any atom is -0.478 e. The van der Waals surface area contributed by atoms with Crippen molar-refractivity contribution in [3.05, 3.63) is 42.5 Å². The molecule has 2 aromatic heterocycles. The molecule has 0 saturated heterocycles. The van der Waals surface area contributed by atoms with Crippen molar-refractivity contribution >= 4 is 5.97 Å². The molecule has 0 aromatic carbocycles. The van der Waals surface area contributed by atoms with Crippen LogP contribution in [0.25, 0.3) is 11.4 Å². The molecule has 0 atom stereocenters. The van der Waals surface area contributed by atoms with Crippen LogP contribution < -0.4 is 0 Å². The maximum Gasteiger partial charge on any atom is 0.337 e. The molecular formula is C10H7N3O2. The van der Waals surface area contributed by atoms with Gasteiger partial charge in [-0.15, -0.1) is 0 Å². The van der Waals surface area contributed by atoms with E-state index >= 15 is 0 Å². The van der Waals surface area contributed by atoms with Gasteiger partial charge >= 0.3 is 5.97 Å². The first-order chi connectivity index (χ1) is 7.27. The quantitative estimate of drug-likeness (QED) is 0.790. The fourth-order valence-electron chi connectivity index (χ4n) is 1.13. The number of carboxylic acids is 1. The number of nitrogens with zero attached hydrogens (tertiary/aromatic N) is 3. The largest absolute Gasteiger partial charge is 0.478 e. The number of carboxylic acid groups (broad SMARTS) is 1. The Morgan fingerprint density at radius 2 is 1.93 bits per heavy atom. The van der Waals surface area contributed by atoms with E-state index in [0.717, 1.165) is 0 Å². The van der Waals surface area contributed by atoms with Gasteiger partial charge in [0, 0.05) is 30.4 Å². The predicted octanol–water partition coefficient (Wildman–Crippen LogP) is 1.24. The van der Waals surface area contributed by atoms with Gasteiger partial charge in [-0.3, -0.25) is 4.98 Å². The molecule has 1 N–H and O–H groups in total. The van der Waals surface area contributed by atoms with Gasteiger partial charge in [0.25, 0.3) is 0 Å². The Bertz CT molecular complexity index is 485. The summed E-state index contributed by atoms with van der Waals surface area (Å²) in [6, 6.07) is 3.18. The third kappa shape index (κ3) is 1.96. The van der Waals surface area contributed by atoms with E-state index in [2.05, 4.69) is 15.0 Å². The second-order valence-corrected chi connectivity index (χ2v) is 2.84. The molecule has 0 saturated carbocycles. The van der Waals surface area contributed by atoms with Gasteiger partial charge in [-0.2, -0.15) is 0 Å². The normalized spacial score (nSPS) is 9.87. The lowest BCUT2D eigenvalue weighted by Gasteiger charge is -1.99.